The highest BCUT2D eigenvalue weighted by atomic mass is 35.5. The Morgan fingerprint density at radius 3 is 2.54 bits per heavy atom. The van der Waals surface area contributed by atoms with Gasteiger partial charge in [0.2, 0.25) is 5.24 Å². The molecule has 124 valence electrons. The molecular formula is C18H15ClF2N2O. The monoisotopic (exact) mass is 348 g/mol. The third-order valence-electron chi connectivity index (χ3n) is 5.94. The van der Waals surface area contributed by atoms with E-state index in [0.717, 1.165) is 12.0 Å². The van der Waals surface area contributed by atoms with Crippen LogP contribution in [-0.4, -0.2) is 15.4 Å². The largest absolute Gasteiger partial charge is 0.280 e. The van der Waals surface area contributed by atoms with Crippen molar-refractivity contribution in [3.8, 4) is 11.3 Å². The third kappa shape index (κ3) is 1.68. The van der Waals surface area contributed by atoms with Crippen LogP contribution >= 0.6 is 11.6 Å². The molecule has 0 radical (unpaired) electrons. The van der Waals surface area contributed by atoms with Gasteiger partial charge in [0.05, 0.1) is 22.4 Å². The summed E-state index contributed by atoms with van der Waals surface area (Å²) in [5.74, 6) is -1.30. The Morgan fingerprint density at radius 1 is 1.25 bits per heavy atom. The molecule has 24 heavy (non-hydrogen) atoms. The van der Waals surface area contributed by atoms with Crippen LogP contribution in [0.15, 0.2) is 24.3 Å². The number of halogens is 3. The van der Waals surface area contributed by atoms with Gasteiger partial charge >= 0.3 is 0 Å². The van der Waals surface area contributed by atoms with Crippen LogP contribution in [0.1, 0.15) is 43.9 Å². The van der Waals surface area contributed by atoms with Crippen molar-refractivity contribution in [2.24, 2.45) is 5.41 Å². The first-order valence-electron chi connectivity index (χ1n) is 7.83. The maximum Gasteiger partial charge on any atom is 0.234 e. The second-order valence-corrected chi connectivity index (χ2v) is 7.47. The maximum atomic E-state index is 14.0. The fourth-order valence-electron chi connectivity index (χ4n) is 4.62. The molecule has 0 unspecified atom stereocenters. The molecule has 0 saturated heterocycles. The molecule has 6 heteroatoms. The van der Waals surface area contributed by atoms with E-state index in [0.29, 0.717) is 12.1 Å². The van der Waals surface area contributed by atoms with Crippen molar-refractivity contribution in [1.29, 1.82) is 0 Å². The van der Waals surface area contributed by atoms with Crippen LogP contribution in [-0.2, 0) is 10.2 Å². The molecule has 0 N–H and O–H groups in total. The van der Waals surface area contributed by atoms with Gasteiger partial charge in [0.25, 0.3) is 0 Å². The number of rotatable bonds is 2. The molecule has 2 aliphatic rings. The van der Waals surface area contributed by atoms with Gasteiger partial charge in [-0.2, -0.15) is 5.10 Å². The van der Waals surface area contributed by atoms with E-state index >= 15 is 0 Å². The van der Waals surface area contributed by atoms with Crippen molar-refractivity contribution in [1.82, 2.24) is 10.2 Å². The van der Waals surface area contributed by atoms with Gasteiger partial charge in [-0.05, 0) is 59.5 Å². The molecule has 0 amide bonds. The number of carbonyl (C=O) groups is 1. The normalized spacial score (nSPS) is 26.5. The highest BCUT2D eigenvalue weighted by molar-refractivity contribution is 6.65. The fourth-order valence-corrected chi connectivity index (χ4v) is 5.05. The first-order chi connectivity index (χ1) is 11.3. The van der Waals surface area contributed by atoms with E-state index in [-0.39, 0.29) is 17.2 Å². The van der Waals surface area contributed by atoms with Gasteiger partial charge in [0.1, 0.15) is 11.6 Å². The highest BCUT2D eigenvalue weighted by Crippen LogP contribution is 2.68. The smallest absolute Gasteiger partial charge is 0.234 e. The third-order valence-corrected chi connectivity index (χ3v) is 6.26. The Morgan fingerprint density at radius 2 is 1.92 bits per heavy atom. The zero-order chi connectivity index (χ0) is 17.3. The van der Waals surface area contributed by atoms with E-state index in [1.54, 1.807) is 6.07 Å². The predicted molar refractivity (Wildman–Crippen MR) is 85.7 cm³/mol. The van der Waals surface area contributed by atoms with Crippen molar-refractivity contribution >= 4 is 16.8 Å². The Balaban J connectivity index is 1.94. The molecule has 1 aromatic heterocycles. The molecule has 2 bridgehead atoms. The van der Waals surface area contributed by atoms with E-state index in [4.69, 9.17) is 11.6 Å². The molecule has 1 aromatic carbocycles. The van der Waals surface area contributed by atoms with Crippen LogP contribution in [0, 0.1) is 17.0 Å². The van der Waals surface area contributed by atoms with Crippen LogP contribution in [0.25, 0.3) is 11.3 Å². The van der Waals surface area contributed by atoms with Gasteiger partial charge in [-0.25, -0.2) is 8.78 Å². The summed E-state index contributed by atoms with van der Waals surface area (Å²) in [6, 6.07) is 5.35. The number of hydrogen-bond acceptors (Lipinski definition) is 3. The summed E-state index contributed by atoms with van der Waals surface area (Å²) in [7, 11) is 0. The summed E-state index contributed by atoms with van der Waals surface area (Å²) >= 11 is 5.96. The van der Waals surface area contributed by atoms with Gasteiger partial charge in [0, 0.05) is 0 Å². The van der Waals surface area contributed by atoms with E-state index in [9.17, 15) is 13.6 Å². The first-order valence-corrected chi connectivity index (χ1v) is 8.21. The summed E-state index contributed by atoms with van der Waals surface area (Å²) < 4.78 is 28.1. The average molecular weight is 349 g/mol. The lowest BCUT2D eigenvalue weighted by Gasteiger charge is -2.34. The van der Waals surface area contributed by atoms with Gasteiger partial charge in [-0.15, -0.1) is 5.10 Å². The molecule has 0 aliphatic heterocycles. The summed E-state index contributed by atoms with van der Waals surface area (Å²) in [6.07, 6.45) is 1.42. The zero-order valence-corrected chi connectivity index (χ0v) is 14.0. The van der Waals surface area contributed by atoms with Crippen molar-refractivity contribution in [3.63, 3.8) is 0 Å². The fraction of sp³-hybridized carbons (Fsp3) is 0.389. The average Bonchev–Trinajstić information content (AvgIpc) is 2.89. The molecule has 2 aromatic rings. The lowest BCUT2D eigenvalue weighted by molar-refractivity contribution is -0.119. The standard InChI is InChI=1S/C18H15ClF2N2O/c1-17(2)10-6-7-18(17,16(19)24)15-9(10)8-13(22-23-15)14-11(20)4-3-5-12(14)21/h3-5,8,10H,6-7H2,1-2H3/t10-,18+/m1/s1. The van der Waals surface area contributed by atoms with Gasteiger partial charge in [-0.1, -0.05) is 19.9 Å². The summed E-state index contributed by atoms with van der Waals surface area (Å²) in [5, 5.41) is 7.78. The Kier molecular flexibility index (Phi) is 3.14. The number of fused-ring (bicyclic) bond motifs is 5. The predicted octanol–water partition coefficient (Wildman–Crippen LogP) is 4.34. The maximum absolute atomic E-state index is 14.0. The zero-order valence-electron chi connectivity index (χ0n) is 13.2. The Labute approximate surface area is 143 Å². The van der Waals surface area contributed by atoms with E-state index < -0.39 is 27.7 Å². The van der Waals surface area contributed by atoms with E-state index in [1.165, 1.54) is 18.2 Å². The minimum atomic E-state index is -0.867. The van der Waals surface area contributed by atoms with E-state index in [1.807, 2.05) is 13.8 Å². The summed E-state index contributed by atoms with van der Waals surface area (Å²) in [4.78, 5) is 12.2. The minimum Gasteiger partial charge on any atom is -0.280 e. The molecule has 1 fully saturated rings. The second kappa shape index (κ2) is 4.82. The molecule has 0 spiro atoms. The molecule has 3 nitrogen and oxygen atoms in total. The first kappa shape index (κ1) is 15.6. The number of benzene rings is 1. The summed E-state index contributed by atoms with van der Waals surface area (Å²) in [6.45, 7) is 3.99. The Hall–Kier alpha value is -1.88. The van der Waals surface area contributed by atoms with E-state index in [2.05, 4.69) is 10.2 Å². The molecule has 4 rings (SSSR count). The molecule has 2 atom stereocenters. The number of carbonyl (C=O) groups excluding carboxylic acids is 1. The van der Waals surface area contributed by atoms with Gasteiger partial charge in [0.15, 0.2) is 0 Å². The number of nitrogens with zero attached hydrogens (tertiary/aromatic N) is 2. The molecule has 2 aliphatic carbocycles. The van der Waals surface area contributed by atoms with Gasteiger partial charge < -0.3 is 0 Å². The van der Waals surface area contributed by atoms with Crippen molar-refractivity contribution in [2.45, 2.75) is 38.0 Å². The minimum absolute atomic E-state index is 0.0688. The van der Waals surface area contributed by atoms with Gasteiger partial charge in [-0.3, -0.25) is 4.79 Å². The topological polar surface area (TPSA) is 42.9 Å². The van der Waals surface area contributed by atoms with Crippen LogP contribution in [0.4, 0.5) is 8.78 Å². The van der Waals surface area contributed by atoms with Crippen LogP contribution in [0.5, 0.6) is 0 Å². The lowest BCUT2D eigenvalue weighted by Crippen LogP contribution is -2.41. The molecule has 1 saturated carbocycles. The van der Waals surface area contributed by atoms with Crippen LogP contribution in [0.2, 0.25) is 0 Å². The Bertz CT molecular complexity index is 863. The van der Waals surface area contributed by atoms with Crippen LogP contribution in [0.3, 0.4) is 0 Å². The quantitative estimate of drug-likeness (QED) is 0.758. The van der Waals surface area contributed by atoms with Crippen LogP contribution < -0.4 is 0 Å². The SMILES string of the molecule is CC1(C)[C@@H]2CC[C@@]1(C(=O)Cl)c1nnc(-c3c(F)cccc3F)cc12. The number of aromatic nitrogens is 2. The lowest BCUT2D eigenvalue weighted by atomic mass is 9.69. The van der Waals surface area contributed by atoms with Crippen molar-refractivity contribution < 1.29 is 13.6 Å². The summed E-state index contributed by atoms with van der Waals surface area (Å²) in [5.41, 5.74) is 0.0741. The molecular weight excluding hydrogens is 334 g/mol. The highest BCUT2D eigenvalue weighted by Gasteiger charge is 2.66. The second-order valence-electron chi connectivity index (χ2n) is 7.12. The number of hydrogen-bond donors (Lipinski definition) is 0. The van der Waals surface area contributed by atoms with Crippen molar-refractivity contribution in [2.75, 3.05) is 0 Å². The molecule has 1 heterocycles. The van der Waals surface area contributed by atoms with Crippen molar-refractivity contribution in [3.05, 3.63) is 47.2 Å².